The predicted molar refractivity (Wildman–Crippen MR) is 129 cm³/mol. The third kappa shape index (κ3) is 11.2. The highest BCUT2D eigenvalue weighted by Crippen LogP contribution is 2.37. The molecule has 2 aromatic carbocycles. The minimum absolute atomic E-state index is 0.0256. The van der Waals surface area contributed by atoms with Crippen molar-refractivity contribution >= 4 is 6.09 Å². The molecule has 0 saturated carbocycles. The maximum Gasteiger partial charge on any atom is 0.573 e. The van der Waals surface area contributed by atoms with E-state index in [-0.39, 0.29) is 57.2 Å². The number of carbonyl (C=O) groups is 1. The molecule has 2 N–H and O–H groups in total. The summed E-state index contributed by atoms with van der Waals surface area (Å²) in [4.78, 5) is 11.3. The summed E-state index contributed by atoms with van der Waals surface area (Å²) in [5, 5.41) is 11.7. The van der Waals surface area contributed by atoms with Crippen LogP contribution < -0.4 is 14.8 Å². The van der Waals surface area contributed by atoms with Crippen LogP contribution in [0.5, 0.6) is 11.5 Å². The van der Waals surface area contributed by atoms with Crippen LogP contribution in [0.3, 0.4) is 0 Å². The zero-order valence-corrected chi connectivity index (χ0v) is 21.5. The van der Waals surface area contributed by atoms with Gasteiger partial charge in [-0.3, -0.25) is 0 Å². The van der Waals surface area contributed by atoms with Gasteiger partial charge in [0.2, 0.25) is 0 Å². The molecule has 7 nitrogen and oxygen atoms in total. The van der Waals surface area contributed by atoms with Gasteiger partial charge in [-0.05, 0) is 67.5 Å². The molecule has 0 heterocycles. The average molecular weight is 568 g/mol. The van der Waals surface area contributed by atoms with E-state index in [0.29, 0.717) is 17.5 Å². The van der Waals surface area contributed by atoms with E-state index in [9.17, 15) is 36.2 Å². The average Bonchev–Trinajstić information content (AvgIpc) is 2.84. The van der Waals surface area contributed by atoms with Gasteiger partial charge in [-0.25, -0.2) is 4.79 Å². The Bertz CT molecular complexity index is 1060. The fraction of sp³-hybridized carbons (Fsp3) is 0.500. The first-order chi connectivity index (χ1) is 18.3. The van der Waals surface area contributed by atoms with E-state index >= 15 is 0 Å². The maximum absolute atomic E-state index is 13.8. The molecule has 0 aliphatic heterocycles. The van der Waals surface area contributed by atoms with E-state index in [1.807, 2.05) is 0 Å². The quantitative estimate of drug-likeness (QED) is 0.144. The summed E-state index contributed by atoms with van der Waals surface area (Å²) in [6, 6.07) is 8.97. The van der Waals surface area contributed by atoms with E-state index in [4.69, 9.17) is 14.2 Å². The van der Waals surface area contributed by atoms with Crippen molar-refractivity contribution in [2.24, 2.45) is 0 Å². The number of hydrogen-bond acceptors (Lipinski definition) is 5. The van der Waals surface area contributed by atoms with Gasteiger partial charge >= 0.3 is 18.6 Å². The molecule has 0 aliphatic rings. The van der Waals surface area contributed by atoms with Crippen molar-refractivity contribution < 1.29 is 55.2 Å². The second-order valence-corrected chi connectivity index (χ2v) is 8.79. The Balaban J connectivity index is 2.06. The van der Waals surface area contributed by atoms with Gasteiger partial charge in [0.05, 0.1) is 24.3 Å². The second kappa shape index (κ2) is 14.3. The van der Waals surface area contributed by atoms with Crippen molar-refractivity contribution in [1.29, 1.82) is 0 Å². The van der Waals surface area contributed by atoms with Crippen molar-refractivity contribution in [1.82, 2.24) is 5.32 Å². The van der Waals surface area contributed by atoms with Crippen LogP contribution in [0.25, 0.3) is 0 Å². The zero-order valence-electron chi connectivity index (χ0n) is 21.5. The molecule has 0 radical (unpaired) electrons. The highest BCUT2D eigenvalue weighted by molar-refractivity contribution is 5.65. The predicted octanol–water partition coefficient (Wildman–Crippen LogP) is 6.59. The SMILES string of the molecule is CC[C@@](CCc1ccc(OCCCc2cccc(OC(F)(F)F)c2)c(C(F)(F)F)c1)(COCOC)NC(=O)O. The number of nitrogens with one attached hydrogen (secondary N) is 1. The monoisotopic (exact) mass is 567 g/mol. The molecule has 2 rings (SSSR count). The fourth-order valence-corrected chi connectivity index (χ4v) is 3.91. The van der Waals surface area contributed by atoms with Crippen LogP contribution in [0.1, 0.15) is 42.9 Å². The van der Waals surface area contributed by atoms with Gasteiger partial charge in [-0.15, -0.1) is 13.2 Å². The van der Waals surface area contributed by atoms with E-state index in [1.165, 1.54) is 31.4 Å². The number of aryl methyl sites for hydroxylation is 2. The number of amides is 1. The molecule has 2 aromatic rings. The van der Waals surface area contributed by atoms with Crippen LogP contribution in [0.2, 0.25) is 0 Å². The normalized spacial score (nSPS) is 13.5. The van der Waals surface area contributed by atoms with Gasteiger partial charge in [0.1, 0.15) is 18.3 Å². The standard InChI is InChI=1S/C26H31F6NO6/c1-3-24(33-23(34)35,16-37-17-36-2)12-11-19-9-10-22(21(15-19)25(27,28)29)38-13-5-7-18-6-4-8-20(14-18)39-26(30,31)32/h4,6,8-10,14-15,33H,3,5,7,11-13,16-17H2,1-2H3,(H,34,35)/t24-/m1/s1. The number of rotatable bonds is 15. The highest BCUT2D eigenvalue weighted by atomic mass is 19.4. The minimum Gasteiger partial charge on any atom is -0.493 e. The minimum atomic E-state index is -4.83. The first kappa shape index (κ1) is 32.0. The molecule has 1 atom stereocenters. The second-order valence-electron chi connectivity index (χ2n) is 8.79. The first-order valence-electron chi connectivity index (χ1n) is 12.0. The number of methoxy groups -OCH3 is 1. The Morgan fingerprint density at radius 1 is 1.00 bits per heavy atom. The van der Waals surface area contributed by atoms with Gasteiger partial charge in [0.25, 0.3) is 0 Å². The number of ether oxygens (including phenoxy) is 4. The van der Waals surface area contributed by atoms with Crippen molar-refractivity contribution in [3.8, 4) is 11.5 Å². The van der Waals surface area contributed by atoms with Crippen molar-refractivity contribution in [2.75, 3.05) is 27.1 Å². The molecule has 0 unspecified atom stereocenters. The molecule has 0 fully saturated rings. The Morgan fingerprint density at radius 3 is 2.33 bits per heavy atom. The first-order valence-corrected chi connectivity index (χ1v) is 12.0. The highest BCUT2D eigenvalue weighted by Gasteiger charge is 2.36. The molecule has 0 aromatic heterocycles. The van der Waals surface area contributed by atoms with Crippen molar-refractivity contribution in [3.05, 3.63) is 59.2 Å². The molecule has 218 valence electrons. The lowest BCUT2D eigenvalue weighted by Crippen LogP contribution is -2.51. The van der Waals surface area contributed by atoms with Crippen LogP contribution in [0, 0.1) is 0 Å². The number of halogens is 6. The summed E-state index contributed by atoms with van der Waals surface area (Å²) in [6.45, 7) is 1.54. The molecule has 0 aliphatic carbocycles. The summed E-state index contributed by atoms with van der Waals surface area (Å²) in [5.74, 6) is -0.763. The van der Waals surface area contributed by atoms with Crippen LogP contribution in [0.15, 0.2) is 42.5 Å². The maximum atomic E-state index is 13.8. The summed E-state index contributed by atoms with van der Waals surface area (Å²) < 4.78 is 98.0. The Morgan fingerprint density at radius 2 is 1.72 bits per heavy atom. The molecule has 13 heteroatoms. The van der Waals surface area contributed by atoms with Crippen LogP contribution in [0.4, 0.5) is 31.1 Å². The Kier molecular flexibility index (Phi) is 11.7. The Labute approximate surface area is 222 Å². The van der Waals surface area contributed by atoms with Crippen LogP contribution in [-0.2, 0) is 28.5 Å². The third-order valence-corrected chi connectivity index (χ3v) is 5.87. The topological polar surface area (TPSA) is 86.3 Å². The third-order valence-electron chi connectivity index (χ3n) is 5.87. The summed E-state index contributed by atoms with van der Waals surface area (Å²) in [7, 11) is 1.41. The van der Waals surface area contributed by atoms with Gasteiger partial charge < -0.3 is 29.4 Å². The van der Waals surface area contributed by atoms with E-state index in [2.05, 4.69) is 10.1 Å². The Hall–Kier alpha value is -3.19. The van der Waals surface area contributed by atoms with E-state index in [1.54, 1.807) is 13.0 Å². The van der Waals surface area contributed by atoms with Crippen molar-refractivity contribution in [2.45, 2.75) is 57.1 Å². The molecule has 0 bridgehead atoms. The molecular formula is C26H31F6NO6. The molecule has 0 saturated heterocycles. The lowest BCUT2D eigenvalue weighted by Gasteiger charge is -2.32. The van der Waals surface area contributed by atoms with Gasteiger partial charge in [0.15, 0.2) is 0 Å². The number of carboxylic acid groups (broad SMARTS) is 1. The summed E-state index contributed by atoms with van der Waals surface area (Å²) in [5.41, 5.74) is -1.17. The van der Waals surface area contributed by atoms with Crippen LogP contribution >= 0.6 is 0 Å². The van der Waals surface area contributed by atoms with Crippen molar-refractivity contribution in [3.63, 3.8) is 0 Å². The molecule has 0 spiro atoms. The smallest absolute Gasteiger partial charge is 0.493 e. The van der Waals surface area contributed by atoms with Crippen LogP contribution in [-0.4, -0.2) is 50.2 Å². The summed E-state index contributed by atoms with van der Waals surface area (Å²) >= 11 is 0. The molecular weight excluding hydrogens is 536 g/mol. The molecule has 39 heavy (non-hydrogen) atoms. The number of benzene rings is 2. The fourth-order valence-electron chi connectivity index (χ4n) is 3.91. The lowest BCUT2D eigenvalue weighted by molar-refractivity contribution is -0.274. The molecule has 1 amide bonds. The number of hydrogen-bond donors (Lipinski definition) is 2. The zero-order chi connectivity index (χ0) is 29.1. The largest absolute Gasteiger partial charge is 0.573 e. The van der Waals surface area contributed by atoms with Gasteiger partial charge in [0, 0.05) is 7.11 Å². The van der Waals surface area contributed by atoms with Gasteiger partial charge in [-0.1, -0.05) is 25.1 Å². The summed E-state index contributed by atoms with van der Waals surface area (Å²) in [6.07, 6.45) is -9.68. The number of alkyl halides is 6. The van der Waals surface area contributed by atoms with Gasteiger partial charge in [-0.2, -0.15) is 13.2 Å². The van der Waals surface area contributed by atoms with E-state index in [0.717, 1.165) is 12.1 Å². The lowest BCUT2D eigenvalue weighted by atomic mass is 9.89. The van der Waals surface area contributed by atoms with E-state index < -0.39 is 29.7 Å².